The van der Waals surface area contributed by atoms with Gasteiger partial charge in [-0.05, 0) is 29.7 Å². The van der Waals surface area contributed by atoms with E-state index in [-0.39, 0.29) is 11.6 Å². The Morgan fingerprint density at radius 1 is 0.552 bits per heavy atom. The van der Waals surface area contributed by atoms with Crippen LogP contribution in [0.3, 0.4) is 0 Å². The van der Waals surface area contributed by atoms with Gasteiger partial charge in [0.2, 0.25) is 0 Å². The van der Waals surface area contributed by atoms with Gasteiger partial charge in [0.05, 0.1) is 0 Å². The summed E-state index contributed by atoms with van der Waals surface area (Å²) in [7, 11) is 0. The van der Waals surface area contributed by atoms with E-state index in [0.29, 0.717) is 22.3 Å². The molecule has 2 nitrogen and oxygen atoms in total. The average molecular weight is 376 g/mol. The van der Waals surface area contributed by atoms with E-state index < -0.39 is 0 Å². The van der Waals surface area contributed by atoms with Crippen LogP contribution in [-0.4, -0.2) is 11.6 Å². The SMILES string of the molecule is Cc1c(-c2ccccc2)ccc(C(=O)c2ccccc2)c1C(=O)c1ccccc1. The van der Waals surface area contributed by atoms with Crippen molar-refractivity contribution in [1.29, 1.82) is 0 Å². The lowest BCUT2D eigenvalue weighted by molar-refractivity contribution is 0.100. The van der Waals surface area contributed by atoms with E-state index in [1.807, 2.05) is 79.7 Å². The molecular weight excluding hydrogens is 356 g/mol. The Labute approximate surface area is 170 Å². The third-order valence-corrected chi connectivity index (χ3v) is 5.09. The van der Waals surface area contributed by atoms with Gasteiger partial charge in [-0.1, -0.05) is 97.1 Å². The topological polar surface area (TPSA) is 34.1 Å². The van der Waals surface area contributed by atoms with E-state index in [4.69, 9.17) is 0 Å². The molecule has 0 aromatic heterocycles. The van der Waals surface area contributed by atoms with Crippen molar-refractivity contribution in [3.8, 4) is 11.1 Å². The minimum atomic E-state index is -0.146. The standard InChI is InChI=1S/C27H20O2/c1-19-23(20-11-5-2-6-12-20)17-18-24(26(28)21-13-7-3-8-14-21)25(19)27(29)22-15-9-4-10-16-22/h2-18H,1H3. The third-order valence-electron chi connectivity index (χ3n) is 5.09. The van der Waals surface area contributed by atoms with E-state index in [0.717, 1.165) is 16.7 Å². The predicted octanol–water partition coefficient (Wildman–Crippen LogP) is 6.12. The smallest absolute Gasteiger partial charge is 0.194 e. The molecule has 2 heteroatoms. The van der Waals surface area contributed by atoms with Gasteiger partial charge in [0.25, 0.3) is 0 Å². The van der Waals surface area contributed by atoms with Crippen LogP contribution in [0.1, 0.15) is 37.4 Å². The average Bonchev–Trinajstić information content (AvgIpc) is 2.79. The highest BCUT2D eigenvalue weighted by Gasteiger charge is 2.23. The van der Waals surface area contributed by atoms with Gasteiger partial charge in [0.15, 0.2) is 11.6 Å². The van der Waals surface area contributed by atoms with E-state index in [2.05, 4.69) is 0 Å². The van der Waals surface area contributed by atoms with Crippen LogP contribution in [0.4, 0.5) is 0 Å². The maximum Gasteiger partial charge on any atom is 0.194 e. The van der Waals surface area contributed by atoms with Crippen molar-refractivity contribution in [1.82, 2.24) is 0 Å². The third kappa shape index (κ3) is 3.65. The summed E-state index contributed by atoms with van der Waals surface area (Å²) in [4.78, 5) is 26.7. The molecule has 0 unspecified atom stereocenters. The van der Waals surface area contributed by atoms with Gasteiger partial charge in [-0.25, -0.2) is 0 Å². The van der Waals surface area contributed by atoms with Crippen LogP contribution in [-0.2, 0) is 0 Å². The van der Waals surface area contributed by atoms with E-state index in [1.54, 1.807) is 30.3 Å². The number of carbonyl (C=O) groups is 2. The van der Waals surface area contributed by atoms with Crippen molar-refractivity contribution in [3.63, 3.8) is 0 Å². The summed E-state index contributed by atoms with van der Waals surface area (Å²) in [5.41, 5.74) is 4.82. The lowest BCUT2D eigenvalue weighted by Gasteiger charge is -2.16. The molecule has 29 heavy (non-hydrogen) atoms. The fourth-order valence-electron chi connectivity index (χ4n) is 3.60. The second-order valence-corrected chi connectivity index (χ2v) is 6.92. The zero-order valence-electron chi connectivity index (χ0n) is 16.1. The molecule has 0 N–H and O–H groups in total. The fraction of sp³-hybridized carbons (Fsp3) is 0.0370. The molecular formula is C27H20O2. The summed E-state index contributed by atoms with van der Waals surface area (Å²) in [6.45, 7) is 1.92. The van der Waals surface area contributed by atoms with Crippen molar-refractivity contribution in [3.05, 3.63) is 131 Å². The van der Waals surface area contributed by atoms with Crippen LogP contribution < -0.4 is 0 Å². The van der Waals surface area contributed by atoms with Crippen molar-refractivity contribution < 1.29 is 9.59 Å². The highest BCUT2D eigenvalue weighted by Crippen LogP contribution is 2.30. The zero-order chi connectivity index (χ0) is 20.2. The van der Waals surface area contributed by atoms with Gasteiger partial charge in [-0.15, -0.1) is 0 Å². The number of benzene rings is 4. The molecule has 0 atom stereocenters. The highest BCUT2D eigenvalue weighted by atomic mass is 16.1. The Balaban J connectivity index is 1.93. The van der Waals surface area contributed by atoms with Crippen molar-refractivity contribution in [2.45, 2.75) is 6.92 Å². The number of hydrogen-bond donors (Lipinski definition) is 0. The Morgan fingerprint density at radius 2 is 1.03 bits per heavy atom. The summed E-state index contributed by atoms with van der Waals surface area (Å²) in [6.07, 6.45) is 0. The van der Waals surface area contributed by atoms with Crippen LogP contribution in [0.15, 0.2) is 103 Å². The van der Waals surface area contributed by atoms with Crippen LogP contribution in [0.5, 0.6) is 0 Å². The predicted molar refractivity (Wildman–Crippen MR) is 116 cm³/mol. The first-order valence-corrected chi connectivity index (χ1v) is 9.55. The summed E-state index contributed by atoms with van der Waals surface area (Å²) >= 11 is 0. The minimum Gasteiger partial charge on any atom is -0.289 e. The molecule has 0 amide bonds. The van der Waals surface area contributed by atoms with Crippen LogP contribution in [0, 0.1) is 6.92 Å². The van der Waals surface area contributed by atoms with Gasteiger partial charge in [-0.3, -0.25) is 9.59 Å². The molecule has 0 radical (unpaired) electrons. The number of rotatable bonds is 5. The lowest BCUT2D eigenvalue weighted by atomic mass is 9.86. The Morgan fingerprint density at radius 3 is 1.59 bits per heavy atom. The highest BCUT2D eigenvalue weighted by molar-refractivity contribution is 6.20. The van der Waals surface area contributed by atoms with Gasteiger partial charge < -0.3 is 0 Å². The molecule has 0 aliphatic rings. The maximum atomic E-state index is 13.5. The normalized spacial score (nSPS) is 10.5. The first-order valence-electron chi connectivity index (χ1n) is 9.55. The first kappa shape index (κ1) is 18.6. The largest absolute Gasteiger partial charge is 0.289 e. The lowest BCUT2D eigenvalue weighted by Crippen LogP contribution is -2.14. The Kier molecular flexibility index (Phi) is 5.17. The number of ketones is 2. The molecule has 4 aromatic carbocycles. The van der Waals surface area contributed by atoms with Crippen molar-refractivity contribution in [2.75, 3.05) is 0 Å². The summed E-state index contributed by atoms with van der Waals surface area (Å²) in [6, 6.07) is 31.8. The van der Waals surface area contributed by atoms with Gasteiger partial charge in [0, 0.05) is 22.3 Å². The summed E-state index contributed by atoms with van der Waals surface area (Å²) < 4.78 is 0. The quantitative estimate of drug-likeness (QED) is 0.393. The fourth-order valence-corrected chi connectivity index (χ4v) is 3.60. The summed E-state index contributed by atoms with van der Waals surface area (Å²) in [5, 5.41) is 0. The second kappa shape index (κ2) is 8.07. The number of carbonyl (C=O) groups excluding carboxylic acids is 2. The molecule has 0 aliphatic heterocycles. The Bertz CT molecular complexity index is 1160. The first-order chi connectivity index (χ1) is 14.2. The van der Waals surface area contributed by atoms with Crippen molar-refractivity contribution in [2.24, 2.45) is 0 Å². The van der Waals surface area contributed by atoms with Crippen LogP contribution in [0.2, 0.25) is 0 Å². The Hall–Kier alpha value is -3.78. The number of hydrogen-bond acceptors (Lipinski definition) is 2. The molecule has 0 fully saturated rings. The molecule has 140 valence electrons. The van der Waals surface area contributed by atoms with Gasteiger partial charge in [0.1, 0.15) is 0 Å². The molecule has 0 heterocycles. The molecule has 4 rings (SSSR count). The van der Waals surface area contributed by atoms with E-state index in [9.17, 15) is 9.59 Å². The maximum absolute atomic E-state index is 13.5. The van der Waals surface area contributed by atoms with Gasteiger partial charge in [-0.2, -0.15) is 0 Å². The van der Waals surface area contributed by atoms with E-state index >= 15 is 0 Å². The molecule has 4 aromatic rings. The van der Waals surface area contributed by atoms with Crippen molar-refractivity contribution >= 4 is 11.6 Å². The molecule has 0 saturated carbocycles. The van der Waals surface area contributed by atoms with Crippen LogP contribution >= 0.6 is 0 Å². The van der Waals surface area contributed by atoms with Crippen LogP contribution in [0.25, 0.3) is 11.1 Å². The second-order valence-electron chi connectivity index (χ2n) is 6.92. The van der Waals surface area contributed by atoms with E-state index in [1.165, 1.54) is 0 Å². The summed E-state index contributed by atoms with van der Waals surface area (Å²) in [5.74, 6) is -0.284. The molecule has 0 bridgehead atoms. The molecule has 0 spiro atoms. The monoisotopic (exact) mass is 376 g/mol. The molecule has 0 aliphatic carbocycles. The zero-order valence-corrected chi connectivity index (χ0v) is 16.1. The molecule has 0 saturated heterocycles. The minimum absolute atomic E-state index is 0.139. The van der Waals surface area contributed by atoms with Gasteiger partial charge >= 0.3 is 0 Å².